The third-order valence-corrected chi connectivity index (χ3v) is 3.69. The fourth-order valence-corrected chi connectivity index (χ4v) is 2.21. The fraction of sp³-hybridized carbons (Fsp3) is 0.375. The first-order valence-corrected chi connectivity index (χ1v) is 6.97. The van der Waals surface area contributed by atoms with E-state index in [2.05, 4.69) is 15.3 Å². The summed E-state index contributed by atoms with van der Waals surface area (Å²) >= 11 is 0. The van der Waals surface area contributed by atoms with Gasteiger partial charge in [0.15, 0.2) is 0 Å². The Hall–Kier alpha value is -1.97. The minimum absolute atomic E-state index is 0.185. The average Bonchev–Trinajstić information content (AvgIpc) is 3.24. The molecule has 104 valence electrons. The van der Waals surface area contributed by atoms with Gasteiger partial charge in [0.25, 0.3) is 0 Å². The molecule has 0 bridgehead atoms. The lowest BCUT2D eigenvalue weighted by Gasteiger charge is -2.09. The molecule has 20 heavy (non-hydrogen) atoms. The minimum Gasteiger partial charge on any atom is -0.354 e. The molecule has 1 heterocycles. The van der Waals surface area contributed by atoms with E-state index in [-0.39, 0.29) is 5.82 Å². The molecule has 0 amide bonds. The molecule has 1 aliphatic rings. The lowest BCUT2D eigenvalue weighted by molar-refractivity contribution is 0.619. The van der Waals surface area contributed by atoms with E-state index in [1.54, 1.807) is 13.0 Å². The molecule has 0 spiro atoms. The number of aromatic nitrogens is 2. The summed E-state index contributed by atoms with van der Waals surface area (Å²) in [7, 11) is 0. The van der Waals surface area contributed by atoms with E-state index in [0.29, 0.717) is 11.5 Å². The monoisotopic (exact) mass is 271 g/mol. The Balaban J connectivity index is 1.83. The number of anilines is 1. The van der Waals surface area contributed by atoms with Gasteiger partial charge >= 0.3 is 0 Å². The number of nitrogens with zero attached hydrogens (tertiary/aromatic N) is 2. The Labute approximate surface area is 118 Å². The third kappa shape index (κ3) is 2.79. The fourth-order valence-electron chi connectivity index (χ4n) is 2.21. The Morgan fingerprint density at radius 1 is 1.30 bits per heavy atom. The van der Waals surface area contributed by atoms with Crippen LogP contribution in [0.15, 0.2) is 24.4 Å². The summed E-state index contributed by atoms with van der Waals surface area (Å²) in [5.74, 6) is 1.28. The second-order valence-electron chi connectivity index (χ2n) is 5.48. The van der Waals surface area contributed by atoms with E-state index in [1.807, 2.05) is 19.2 Å². The average molecular weight is 271 g/mol. The lowest BCUT2D eigenvalue weighted by Crippen LogP contribution is -2.07. The van der Waals surface area contributed by atoms with Gasteiger partial charge in [-0.3, -0.25) is 0 Å². The maximum absolute atomic E-state index is 13.3. The van der Waals surface area contributed by atoms with Crippen LogP contribution < -0.4 is 5.32 Å². The highest BCUT2D eigenvalue weighted by Crippen LogP contribution is 2.29. The summed E-state index contributed by atoms with van der Waals surface area (Å²) in [4.78, 5) is 8.84. The molecule has 0 radical (unpaired) electrons. The maximum atomic E-state index is 13.3. The van der Waals surface area contributed by atoms with Crippen molar-refractivity contribution in [2.24, 2.45) is 5.92 Å². The molecule has 4 heteroatoms. The SMILES string of the molecule is Cc1cc(-c2cnc(NCC3CC3)nc2C)ccc1F. The van der Waals surface area contributed by atoms with E-state index < -0.39 is 0 Å². The number of benzene rings is 1. The Morgan fingerprint density at radius 3 is 2.75 bits per heavy atom. The number of nitrogens with one attached hydrogen (secondary N) is 1. The Kier molecular flexibility index (Phi) is 3.38. The first-order valence-electron chi connectivity index (χ1n) is 6.97. The van der Waals surface area contributed by atoms with Crippen molar-refractivity contribution in [3.63, 3.8) is 0 Å². The summed E-state index contributed by atoms with van der Waals surface area (Å²) in [5, 5.41) is 3.26. The first-order chi connectivity index (χ1) is 9.63. The number of hydrogen-bond donors (Lipinski definition) is 1. The molecule has 1 aromatic carbocycles. The van der Waals surface area contributed by atoms with Crippen LogP contribution in [-0.4, -0.2) is 16.5 Å². The van der Waals surface area contributed by atoms with Crippen molar-refractivity contribution < 1.29 is 4.39 Å². The van der Waals surface area contributed by atoms with Gasteiger partial charge in [-0.25, -0.2) is 14.4 Å². The lowest BCUT2D eigenvalue weighted by atomic mass is 10.0. The van der Waals surface area contributed by atoms with Crippen molar-refractivity contribution in [1.29, 1.82) is 0 Å². The van der Waals surface area contributed by atoms with Gasteiger partial charge in [0.1, 0.15) is 5.82 Å². The van der Waals surface area contributed by atoms with Gasteiger partial charge < -0.3 is 5.32 Å². The summed E-state index contributed by atoms with van der Waals surface area (Å²) < 4.78 is 13.3. The van der Waals surface area contributed by atoms with Gasteiger partial charge in [-0.15, -0.1) is 0 Å². The molecule has 1 aromatic heterocycles. The molecule has 1 aliphatic carbocycles. The smallest absolute Gasteiger partial charge is 0.222 e. The van der Waals surface area contributed by atoms with E-state index in [0.717, 1.165) is 29.3 Å². The summed E-state index contributed by atoms with van der Waals surface area (Å²) in [6, 6.07) is 5.09. The van der Waals surface area contributed by atoms with Gasteiger partial charge in [0.2, 0.25) is 5.95 Å². The van der Waals surface area contributed by atoms with Crippen LogP contribution in [0.4, 0.5) is 10.3 Å². The molecule has 2 aromatic rings. The van der Waals surface area contributed by atoms with Crippen molar-refractivity contribution in [3.8, 4) is 11.1 Å². The van der Waals surface area contributed by atoms with Gasteiger partial charge in [-0.2, -0.15) is 0 Å². The standard InChI is InChI=1S/C16H18FN3/c1-10-7-13(5-6-15(10)17)14-9-19-16(20-11(14)2)18-8-12-3-4-12/h5-7,9,12H,3-4,8H2,1-2H3,(H,18,19,20). The van der Waals surface area contributed by atoms with Crippen molar-refractivity contribution in [1.82, 2.24) is 9.97 Å². The number of aryl methyl sites for hydroxylation is 2. The van der Waals surface area contributed by atoms with Crippen LogP contribution in [0.2, 0.25) is 0 Å². The van der Waals surface area contributed by atoms with Crippen LogP contribution in [0, 0.1) is 25.6 Å². The van der Waals surface area contributed by atoms with E-state index in [4.69, 9.17) is 0 Å². The molecule has 0 aliphatic heterocycles. The number of rotatable bonds is 4. The maximum Gasteiger partial charge on any atom is 0.222 e. The zero-order chi connectivity index (χ0) is 14.1. The van der Waals surface area contributed by atoms with Crippen LogP contribution >= 0.6 is 0 Å². The molecule has 3 rings (SSSR count). The Morgan fingerprint density at radius 2 is 2.10 bits per heavy atom. The number of hydrogen-bond acceptors (Lipinski definition) is 3. The number of halogens is 1. The van der Waals surface area contributed by atoms with Crippen LogP contribution in [0.5, 0.6) is 0 Å². The quantitative estimate of drug-likeness (QED) is 0.921. The van der Waals surface area contributed by atoms with Crippen LogP contribution in [0.1, 0.15) is 24.1 Å². The first kappa shape index (κ1) is 13.0. The molecular weight excluding hydrogens is 253 g/mol. The van der Waals surface area contributed by atoms with Crippen LogP contribution in [0.3, 0.4) is 0 Å². The van der Waals surface area contributed by atoms with Crippen molar-refractivity contribution >= 4 is 5.95 Å². The molecule has 0 saturated heterocycles. The second-order valence-corrected chi connectivity index (χ2v) is 5.48. The third-order valence-electron chi connectivity index (χ3n) is 3.69. The van der Waals surface area contributed by atoms with Crippen molar-refractivity contribution in [2.45, 2.75) is 26.7 Å². The highest BCUT2D eigenvalue weighted by molar-refractivity contribution is 5.66. The van der Waals surface area contributed by atoms with E-state index in [9.17, 15) is 4.39 Å². The van der Waals surface area contributed by atoms with Crippen LogP contribution in [-0.2, 0) is 0 Å². The predicted molar refractivity (Wildman–Crippen MR) is 78.1 cm³/mol. The normalized spacial score (nSPS) is 14.3. The summed E-state index contributed by atoms with van der Waals surface area (Å²) in [5.41, 5.74) is 3.45. The van der Waals surface area contributed by atoms with Gasteiger partial charge in [-0.1, -0.05) is 6.07 Å². The molecule has 3 nitrogen and oxygen atoms in total. The molecule has 1 N–H and O–H groups in total. The van der Waals surface area contributed by atoms with Gasteiger partial charge in [0, 0.05) is 18.3 Å². The molecule has 1 saturated carbocycles. The summed E-state index contributed by atoms with van der Waals surface area (Å²) in [6.45, 7) is 4.67. The highest BCUT2D eigenvalue weighted by atomic mass is 19.1. The molecule has 0 atom stereocenters. The topological polar surface area (TPSA) is 37.8 Å². The van der Waals surface area contributed by atoms with Crippen molar-refractivity contribution in [2.75, 3.05) is 11.9 Å². The highest BCUT2D eigenvalue weighted by Gasteiger charge is 2.21. The zero-order valence-corrected chi connectivity index (χ0v) is 11.8. The predicted octanol–water partition coefficient (Wildman–Crippen LogP) is 3.72. The molecule has 1 fully saturated rings. The van der Waals surface area contributed by atoms with E-state index in [1.165, 1.54) is 18.9 Å². The zero-order valence-electron chi connectivity index (χ0n) is 11.8. The second kappa shape index (κ2) is 5.19. The van der Waals surface area contributed by atoms with E-state index >= 15 is 0 Å². The van der Waals surface area contributed by atoms with Gasteiger partial charge in [0.05, 0.1) is 5.69 Å². The minimum atomic E-state index is -0.185. The summed E-state index contributed by atoms with van der Waals surface area (Å²) in [6.07, 6.45) is 4.42. The van der Waals surface area contributed by atoms with Gasteiger partial charge in [-0.05, 0) is 55.9 Å². The molecular formula is C16H18FN3. The molecule has 0 unspecified atom stereocenters. The van der Waals surface area contributed by atoms with Crippen molar-refractivity contribution in [3.05, 3.63) is 41.5 Å². The Bertz CT molecular complexity index is 636. The largest absolute Gasteiger partial charge is 0.354 e. The van der Waals surface area contributed by atoms with Crippen LogP contribution in [0.25, 0.3) is 11.1 Å².